The molecular weight excluding hydrogens is 364 g/mol. The maximum absolute atomic E-state index is 12.7. The van der Waals surface area contributed by atoms with Crippen LogP contribution >= 0.6 is 12.4 Å². The Morgan fingerprint density at radius 1 is 1.30 bits per heavy atom. The van der Waals surface area contributed by atoms with Crippen LogP contribution in [0.1, 0.15) is 56.8 Å². The van der Waals surface area contributed by atoms with Gasteiger partial charge in [-0.2, -0.15) is 4.98 Å². The summed E-state index contributed by atoms with van der Waals surface area (Å²) in [5.74, 6) is 1.17. The molecule has 6 nitrogen and oxygen atoms in total. The number of nitrogens with zero attached hydrogens (tertiary/aromatic N) is 2. The fourth-order valence-corrected chi connectivity index (χ4v) is 3.69. The maximum Gasteiger partial charge on any atom is 0.257 e. The largest absolute Gasteiger partial charge is 0.334 e. The van der Waals surface area contributed by atoms with Crippen LogP contribution in [-0.4, -0.2) is 22.6 Å². The van der Waals surface area contributed by atoms with Crippen LogP contribution in [0, 0.1) is 12.3 Å². The predicted octanol–water partition coefficient (Wildman–Crippen LogP) is 4.27. The molecule has 1 fully saturated rings. The van der Waals surface area contributed by atoms with Gasteiger partial charge in [-0.15, -0.1) is 12.4 Å². The molecule has 0 radical (unpaired) electrons. The van der Waals surface area contributed by atoms with Gasteiger partial charge >= 0.3 is 0 Å². The first-order valence-electron chi connectivity index (χ1n) is 9.49. The molecule has 3 rings (SSSR count). The molecule has 7 heteroatoms. The first-order valence-corrected chi connectivity index (χ1v) is 9.49. The van der Waals surface area contributed by atoms with Crippen LogP contribution in [0.15, 0.2) is 22.7 Å². The molecule has 0 aliphatic heterocycles. The van der Waals surface area contributed by atoms with Crippen molar-refractivity contribution in [1.29, 1.82) is 0 Å². The molecule has 0 saturated heterocycles. The minimum Gasteiger partial charge on any atom is -0.334 e. The minimum absolute atomic E-state index is 0. The zero-order chi connectivity index (χ0) is 18.6. The third-order valence-corrected chi connectivity index (χ3v) is 5.43. The van der Waals surface area contributed by atoms with E-state index in [9.17, 15) is 4.79 Å². The summed E-state index contributed by atoms with van der Waals surface area (Å²) in [6.45, 7) is 4.53. The lowest BCUT2D eigenvalue weighted by atomic mass is 9.71. The number of carbonyl (C=O) groups is 1. The van der Waals surface area contributed by atoms with E-state index in [0.29, 0.717) is 24.7 Å². The van der Waals surface area contributed by atoms with E-state index in [1.54, 1.807) is 0 Å². The summed E-state index contributed by atoms with van der Waals surface area (Å²) in [4.78, 5) is 17.0. The smallest absolute Gasteiger partial charge is 0.257 e. The number of hydrogen-bond donors (Lipinski definition) is 2. The highest BCUT2D eigenvalue weighted by molar-refractivity contribution is 5.92. The quantitative estimate of drug-likeness (QED) is 0.765. The number of anilines is 1. The predicted molar refractivity (Wildman–Crippen MR) is 109 cm³/mol. The van der Waals surface area contributed by atoms with Crippen LogP contribution in [0.2, 0.25) is 0 Å². The summed E-state index contributed by atoms with van der Waals surface area (Å²) >= 11 is 0. The highest BCUT2D eigenvalue weighted by atomic mass is 35.5. The Bertz CT molecular complexity index is 769. The van der Waals surface area contributed by atoms with Crippen molar-refractivity contribution in [3.05, 3.63) is 29.6 Å². The second-order valence-electron chi connectivity index (χ2n) is 7.39. The maximum atomic E-state index is 12.7. The Labute approximate surface area is 166 Å². The van der Waals surface area contributed by atoms with Gasteiger partial charge in [-0.25, -0.2) is 0 Å². The van der Waals surface area contributed by atoms with Crippen molar-refractivity contribution in [3.63, 3.8) is 0 Å². The summed E-state index contributed by atoms with van der Waals surface area (Å²) in [6.07, 6.45) is 6.85. The zero-order valence-corrected chi connectivity index (χ0v) is 16.9. The lowest BCUT2D eigenvalue weighted by Crippen LogP contribution is -2.36. The number of halogens is 1. The van der Waals surface area contributed by atoms with Crippen molar-refractivity contribution in [3.8, 4) is 11.5 Å². The van der Waals surface area contributed by atoms with Crippen molar-refractivity contribution in [2.45, 2.75) is 58.8 Å². The molecule has 3 N–H and O–H groups in total. The molecule has 1 saturated carbocycles. The molecule has 0 spiro atoms. The number of aryl methyl sites for hydroxylation is 2. The Morgan fingerprint density at radius 3 is 2.67 bits per heavy atom. The van der Waals surface area contributed by atoms with Crippen molar-refractivity contribution in [1.82, 2.24) is 10.1 Å². The SMILES string of the molecule is CCc1noc(-c2ccc(C)c(NC(=O)CC3(CN)CCCCC3)c2)n1.Cl. The number of benzene rings is 1. The van der Waals surface area contributed by atoms with Crippen LogP contribution < -0.4 is 11.1 Å². The topological polar surface area (TPSA) is 94.0 Å². The molecule has 0 unspecified atom stereocenters. The van der Waals surface area contributed by atoms with Crippen LogP contribution in [0.5, 0.6) is 0 Å². The van der Waals surface area contributed by atoms with E-state index in [4.69, 9.17) is 10.3 Å². The summed E-state index contributed by atoms with van der Waals surface area (Å²) in [7, 11) is 0. The van der Waals surface area contributed by atoms with Crippen LogP contribution in [0.3, 0.4) is 0 Å². The standard InChI is InChI=1S/C20H28N4O2.ClH/c1-3-17-23-19(26-24-17)15-8-7-14(2)16(11-15)22-18(25)12-20(13-21)9-5-4-6-10-20;/h7-8,11H,3-6,9-10,12-13,21H2,1-2H3,(H,22,25);1H. The number of nitrogens with one attached hydrogen (secondary N) is 1. The summed E-state index contributed by atoms with van der Waals surface area (Å²) in [5.41, 5.74) is 8.57. The molecule has 1 aromatic carbocycles. The van der Waals surface area contributed by atoms with Gasteiger partial charge < -0.3 is 15.6 Å². The first-order chi connectivity index (χ1) is 12.5. The van der Waals surface area contributed by atoms with Gasteiger partial charge in [0.1, 0.15) is 0 Å². The van der Waals surface area contributed by atoms with Gasteiger partial charge in [0.25, 0.3) is 5.89 Å². The summed E-state index contributed by atoms with van der Waals surface area (Å²) in [6, 6.07) is 5.79. The van der Waals surface area contributed by atoms with Gasteiger partial charge in [0.2, 0.25) is 5.91 Å². The Hall–Kier alpha value is -1.92. The number of nitrogens with two attached hydrogens (primary N) is 1. The van der Waals surface area contributed by atoms with Crippen LogP contribution in [0.25, 0.3) is 11.5 Å². The van der Waals surface area contributed by atoms with Gasteiger partial charge in [0.15, 0.2) is 5.82 Å². The van der Waals surface area contributed by atoms with Crippen molar-refractivity contribution in [2.24, 2.45) is 11.1 Å². The van der Waals surface area contributed by atoms with Gasteiger partial charge in [0.05, 0.1) is 0 Å². The number of carbonyl (C=O) groups excluding carboxylic acids is 1. The van der Waals surface area contributed by atoms with Crippen molar-refractivity contribution < 1.29 is 9.32 Å². The lowest BCUT2D eigenvalue weighted by molar-refractivity contribution is -0.118. The molecule has 1 amide bonds. The molecular formula is C20H29ClN4O2. The average Bonchev–Trinajstić information content (AvgIpc) is 3.13. The average molecular weight is 393 g/mol. The highest BCUT2D eigenvalue weighted by Gasteiger charge is 2.33. The second kappa shape index (κ2) is 9.33. The van der Waals surface area contributed by atoms with Crippen LogP contribution in [0.4, 0.5) is 5.69 Å². The molecule has 0 atom stereocenters. The molecule has 2 aromatic rings. The fraction of sp³-hybridized carbons (Fsp3) is 0.550. The van der Waals surface area contributed by atoms with E-state index in [-0.39, 0.29) is 23.7 Å². The Morgan fingerprint density at radius 2 is 2.04 bits per heavy atom. The minimum atomic E-state index is -0.0453. The molecule has 1 aromatic heterocycles. The number of hydrogen-bond acceptors (Lipinski definition) is 5. The first kappa shape index (κ1) is 21.4. The normalized spacial score (nSPS) is 15.8. The number of aromatic nitrogens is 2. The van der Waals surface area contributed by atoms with Crippen molar-refractivity contribution >= 4 is 24.0 Å². The van der Waals surface area contributed by atoms with Gasteiger partial charge in [-0.05, 0) is 49.4 Å². The van der Waals surface area contributed by atoms with Gasteiger partial charge in [-0.3, -0.25) is 4.79 Å². The molecule has 1 aliphatic rings. The molecule has 0 bridgehead atoms. The monoisotopic (exact) mass is 392 g/mol. The molecule has 1 heterocycles. The van der Waals surface area contributed by atoms with E-state index in [1.807, 2.05) is 32.0 Å². The van der Waals surface area contributed by atoms with E-state index >= 15 is 0 Å². The van der Waals surface area contributed by atoms with E-state index in [0.717, 1.165) is 48.9 Å². The molecule has 27 heavy (non-hydrogen) atoms. The third-order valence-electron chi connectivity index (χ3n) is 5.43. The van der Waals surface area contributed by atoms with Gasteiger partial charge in [-0.1, -0.05) is 37.4 Å². The number of rotatable bonds is 6. The molecule has 1 aliphatic carbocycles. The van der Waals surface area contributed by atoms with E-state index in [2.05, 4.69) is 15.5 Å². The van der Waals surface area contributed by atoms with E-state index in [1.165, 1.54) is 6.42 Å². The molecule has 148 valence electrons. The third kappa shape index (κ3) is 5.08. The Kier molecular flexibility index (Phi) is 7.39. The van der Waals surface area contributed by atoms with Crippen LogP contribution in [-0.2, 0) is 11.2 Å². The highest BCUT2D eigenvalue weighted by Crippen LogP contribution is 2.38. The Balaban J connectivity index is 0.00000261. The van der Waals surface area contributed by atoms with Gasteiger partial charge in [0, 0.05) is 24.1 Å². The second-order valence-corrected chi connectivity index (χ2v) is 7.39. The summed E-state index contributed by atoms with van der Waals surface area (Å²) in [5, 5.41) is 7.00. The fourth-order valence-electron chi connectivity index (χ4n) is 3.69. The zero-order valence-electron chi connectivity index (χ0n) is 16.1. The number of amides is 1. The lowest BCUT2D eigenvalue weighted by Gasteiger charge is -2.35. The summed E-state index contributed by atoms with van der Waals surface area (Å²) < 4.78 is 5.31. The van der Waals surface area contributed by atoms with Crippen molar-refractivity contribution in [2.75, 3.05) is 11.9 Å². The van der Waals surface area contributed by atoms with E-state index < -0.39 is 0 Å².